The van der Waals surface area contributed by atoms with Gasteiger partial charge in [-0.1, -0.05) is 13.0 Å². The van der Waals surface area contributed by atoms with E-state index in [9.17, 15) is 13.6 Å². The van der Waals surface area contributed by atoms with Gasteiger partial charge in [0.1, 0.15) is 0 Å². The standard InChI is InChI=1S/C15H20F2N2O/c1-10(11-3-4-12(16)13(17)9-11)19-14(20)15(2)5-7-18-8-6-15/h3-4,9-10,18H,5-8H2,1-2H3,(H,19,20). The summed E-state index contributed by atoms with van der Waals surface area (Å²) in [4.78, 5) is 12.3. The van der Waals surface area contributed by atoms with E-state index in [1.807, 2.05) is 6.92 Å². The van der Waals surface area contributed by atoms with Crippen LogP contribution in [0.2, 0.25) is 0 Å². The Morgan fingerprint density at radius 1 is 1.30 bits per heavy atom. The smallest absolute Gasteiger partial charge is 0.226 e. The van der Waals surface area contributed by atoms with E-state index in [4.69, 9.17) is 0 Å². The Labute approximate surface area is 117 Å². The number of piperidine rings is 1. The lowest BCUT2D eigenvalue weighted by molar-refractivity contribution is -0.132. The molecular weight excluding hydrogens is 262 g/mol. The molecule has 0 spiro atoms. The molecule has 5 heteroatoms. The molecule has 0 aromatic heterocycles. The summed E-state index contributed by atoms with van der Waals surface area (Å²) < 4.78 is 26.1. The number of hydrogen-bond donors (Lipinski definition) is 2. The number of rotatable bonds is 3. The zero-order valence-corrected chi connectivity index (χ0v) is 11.8. The van der Waals surface area contributed by atoms with Crippen molar-refractivity contribution in [3.63, 3.8) is 0 Å². The molecule has 0 bridgehead atoms. The maximum absolute atomic E-state index is 13.2. The second-order valence-electron chi connectivity index (χ2n) is 5.68. The van der Waals surface area contributed by atoms with Crippen molar-refractivity contribution >= 4 is 5.91 Å². The number of nitrogens with one attached hydrogen (secondary N) is 2. The van der Waals surface area contributed by atoms with Crippen LogP contribution in [0.4, 0.5) is 8.78 Å². The molecule has 1 aliphatic rings. The third-order valence-electron chi connectivity index (χ3n) is 4.05. The monoisotopic (exact) mass is 282 g/mol. The van der Waals surface area contributed by atoms with Crippen molar-refractivity contribution in [3.05, 3.63) is 35.4 Å². The van der Waals surface area contributed by atoms with Crippen LogP contribution in [0, 0.1) is 17.0 Å². The molecule has 0 saturated carbocycles. The number of halogens is 2. The molecule has 2 rings (SSSR count). The van der Waals surface area contributed by atoms with Gasteiger partial charge in [0.25, 0.3) is 0 Å². The van der Waals surface area contributed by atoms with E-state index in [0.717, 1.165) is 38.1 Å². The van der Waals surface area contributed by atoms with E-state index in [2.05, 4.69) is 10.6 Å². The molecule has 20 heavy (non-hydrogen) atoms. The fraction of sp³-hybridized carbons (Fsp3) is 0.533. The highest BCUT2D eigenvalue weighted by Crippen LogP contribution is 2.29. The van der Waals surface area contributed by atoms with Gasteiger partial charge in [0.2, 0.25) is 5.91 Å². The number of hydrogen-bond acceptors (Lipinski definition) is 2. The SMILES string of the molecule is CC(NC(=O)C1(C)CCNCC1)c1ccc(F)c(F)c1. The van der Waals surface area contributed by atoms with Crippen LogP contribution >= 0.6 is 0 Å². The molecule has 1 aromatic rings. The highest BCUT2D eigenvalue weighted by Gasteiger charge is 2.35. The van der Waals surface area contributed by atoms with Gasteiger partial charge in [0.05, 0.1) is 6.04 Å². The predicted molar refractivity (Wildman–Crippen MR) is 73.1 cm³/mol. The van der Waals surface area contributed by atoms with Gasteiger partial charge in [-0.05, 0) is 50.6 Å². The number of carbonyl (C=O) groups excluding carboxylic acids is 1. The summed E-state index contributed by atoms with van der Waals surface area (Å²) in [6.07, 6.45) is 1.56. The number of carbonyl (C=O) groups is 1. The van der Waals surface area contributed by atoms with E-state index in [-0.39, 0.29) is 11.9 Å². The van der Waals surface area contributed by atoms with Gasteiger partial charge in [-0.2, -0.15) is 0 Å². The molecule has 1 amide bonds. The van der Waals surface area contributed by atoms with E-state index >= 15 is 0 Å². The van der Waals surface area contributed by atoms with Gasteiger partial charge in [0.15, 0.2) is 11.6 Å². The molecule has 0 aliphatic carbocycles. The highest BCUT2D eigenvalue weighted by atomic mass is 19.2. The van der Waals surface area contributed by atoms with Crippen LogP contribution in [-0.2, 0) is 4.79 Å². The van der Waals surface area contributed by atoms with Crippen LogP contribution in [-0.4, -0.2) is 19.0 Å². The van der Waals surface area contributed by atoms with E-state index in [0.29, 0.717) is 5.56 Å². The molecule has 1 fully saturated rings. The Morgan fingerprint density at radius 2 is 1.95 bits per heavy atom. The van der Waals surface area contributed by atoms with Gasteiger partial charge < -0.3 is 10.6 Å². The van der Waals surface area contributed by atoms with Gasteiger partial charge in [0, 0.05) is 5.41 Å². The average Bonchev–Trinajstić information content (AvgIpc) is 2.42. The Morgan fingerprint density at radius 3 is 2.55 bits per heavy atom. The first-order valence-corrected chi connectivity index (χ1v) is 6.89. The molecule has 3 nitrogen and oxygen atoms in total. The summed E-state index contributed by atoms with van der Waals surface area (Å²) >= 11 is 0. The number of benzene rings is 1. The molecule has 2 N–H and O–H groups in total. The Hall–Kier alpha value is -1.49. The topological polar surface area (TPSA) is 41.1 Å². The molecular formula is C15H20F2N2O. The van der Waals surface area contributed by atoms with Crippen molar-refractivity contribution in [3.8, 4) is 0 Å². The Kier molecular flexibility index (Phi) is 4.38. The molecule has 1 aromatic carbocycles. The first kappa shape index (κ1) is 14.9. The van der Waals surface area contributed by atoms with E-state index in [1.54, 1.807) is 6.92 Å². The summed E-state index contributed by atoms with van der Waals surface area (Å²) in [5.74, 6) is -1.80. The first-order chi connectivity index (χ1) is 9.42. The molecule has 1 aliphatic heterocycles. The van der Waals surface area contributed by atoms with E-state index < -0.39 is 17.0 Å². The fourth-order valence-electron chi connectivity index (χ4n) is 2.44. The van der Waals surface area contributed by atoms with Crippen molar-refractivity contribution in [2.24, 2.45) is 5.41 Å². The third kappa shape index (κ3) is 3.15. The summed E-state index contributed by atoms with van der Waals surface area (Å²) in [6.45, 7) is 5.36. The van der Waals surface area contributed by atoms with Gasteiger partial charge in [-0.15, -0.1) is 0 Å². The van der Waals surface area contributed by atoms with Crippen LogP contribution in [0.3, 0.4) is 0 Å². The molecule has 1 saturated heterocycles. The largest absolute Gasteiger partial charge is 0.349 e. The molecule has 1 heterocycles. The van der Waals surface area contributed by atoms with Crippen LogP contribution < -0.4 is 10.6 Å². The van der Waals surface area contributed by atoms with E-state index in [1.165, 1.54) is 6.07 Å². The lowest BCUT2D eigenvalue weighted by Crippen LogP contribution is -2.46. The molecule has 0 radical (unpaired) electrons. The quantitative estimate of drug-likeness (QED) is 0.894. The maximum Gasteiger partial charge on any atom is 0.226 e. The minimum absolute atomic E-state index is 0.0313. The van der Waals surface area contributed by atoms with Crippen molar-refractivity contribution in [2.45, 2.75) is 32.7 Å². The van der Waals surface area contributed by atoms with Crippen LogP contribution in [0.25, 0.3) is 0 Å². The van der Waals surface area contributed by atoms with Gasteiger partial charge in [-0.3, -0.25) is 4.79 Å². The lowest BCUT2D eigenvalue weighted by atomic mass is 9.80. The van der Waals surface area contributed by atoms with Crippen molar-refractivity contribution in [1.82, 2.24) is 10.6 Å². The minimum atomic E-state index is -0.892. The van der Waals surface area contributed by atoms with Gasteiger partial charge >= 0.3 is 0 Å². The predicted octanol–water partition coefficient (Wildman–Crippen LogP) is 2.53. The Balaban J connectivity index is 2.04. The molecule has 110 valence electrons. The van der Waals surface area contributed by atoms with Gasteiger partial charge in [-0.25, -0.2) is 8.78 Å². The normalized spacial score (nSPS) is 19.4. The summed E-state index contributed by atoms with van der Waals surface area (Å²) in [6, 6.07) is 3.36. The molecule has 1 atom stereocenters. The second kappa shape index (κ2) is 5.87. The van der Waals surface area contributed by atoms with Crippen molar-refractivity contribution in [1.29, 1.82) is 0 Å². The lowest BCUT2D eigenvalue weighted by Gasteiger charge is -2.33. The summed E-state index contributed by atoms with van der Waals surface area (Å²) in [5.41, 5.74) is 0.174. The van der Waals surface area contributed by atoms with Crippen LogP contribution in [0.15, 0.2) is 18.2 Å². The highest BCUT2D eigenvalue weighted by molar-refractivity contribution is 5.82. The zero-order chi connectivity index (χ0) is 14.8. The second-order valence-corrected chi connectivity index (χ2v) is 5.68. The first-order valence-electron chi connectivity index (χ1n) is 6.89. The minimum Gasteiger partial charge on any atom is -0.349 e. The molecule has 1 unspecified atom stereocenters. The summed E-state index contributed by atoms with van der Waals surface area (Å²) in [7, 11) is 0. The van der Waals surface area contributed by atoms with Crippen molar-refractivity contribution in [2.75, 3.05) is 13.1 Å². The average molecular weight is 282 g/mol. The number of amides is 1. The zero-order valence-electron chi connectivity index (χ0n) is 11.8. The van der Waals surface area contributed by atoms with Crippen LogP contribution in [0.5, 0.6) is 0 Å². The third-order valence-corrected chi connectivity index (χ3v) is 4.05. The maximum atomic E-state index is 13.2. The fourth-order valence-corrected chi connectivity index (χ4v) is 2.44. The Bertz CT molecular complexity index is 499. The van der Waals surface area contributed by atoms with Crippen molar-refractivity contribution < 1.29 is 13.6 Å². The van der Waals surface area contributed by atoms with Crippen LogP contribution in [0.1, 0.15) is 38.3 Å². The summed E-state index contributed by atoms with van der Waals surface area (Å²) in [5, 5.41) is 6.12.